The van der Waals surface area contributed by atoms with Crippen molar-refractivity contribution >= 4 is 17.8 Å². The van der Waals surface area contributed by atoms with Crippen molar-refractivity contribution in [1.82, 2.24) is 0 Å². The molecule has 0 aromatic heterocycles. The molecule has 0 saturated carbocycles. The zero-order chi connectivity index (χ0) is 31.1. The molecule has 1 saturated heterocycles. The van der Waals surface area contributed by atoms with Gasteiger partial charge in [-0.15, -0.1) is 0 Å². The van der Waals surface area contributed by atoms with Gasteiger partial charge in [0.25, 0.3) is 0 Å². The Morgan fingerprint density at radius 2 is 1.41 bits per heavy atom. The van der Waals surface area contributed by atoms with Gasteiger partial charge in [-0.2, -0.15) is 4.58 Å². The molecule has 0 aliphatic carbocycles. The summed E-state index contributed by atoms with van der Waals surface area (Å²) in [6, 6.07) is 22.8. The van der Waals surface area contributed by atoms with Crippen LogP contribution >= 0.6 is 0 Å². The number of aliphatic hydroxyl groups excluding tert-OH is 1. The minimum Gasteiger partial charge on any atom is -0.494 e. The first-order chi connectivity index (χ1) is 21.5. The predicted octanol–water partition coefficient (Wildman–Crippen LogP) is 5.62. The summed E-state index contributed by atoms with van der Waals surface area (Å²) < 4.78 is 29.2. The highest BCUT2D eigenvalue weighted by Gasteiger charge is 2.31. The average molecular weight is 605 g/mol. The van der Waals surface area contributed by atoms with E-state index in [4.69, 9.17) is 23.7 Å². The van der Waals surface area contributed by atoms with Crippen LogP contribution in [0.3, 0.4) is 0 Å². The van der Waals surface area contributed by atoms with Gasteiger partial charge in [-0.05, 0) is 73.7 Å². The molecular weight excluding hydrogens is 562 g/mol. The molecule has 3 aromatic rings. The summed E-state index contributed by atoms with van der Waals surface area (Å²) >= 11 is 0. The SMILES string of the molecule is COC(=O)c1ccc(OCCCc2ccc(OCCCCOc3ccccc3)cc2)c(C(O)=[N+]2CCC(C(=O)OC)CC2)c1. The van der Waals surface area contributed by atoms with Gasteiger partial charge in [0.1, 0.15) is 35.9 Å². The van der Waals surface area contributed by atoms with E-state index in [0.717, 1.165) is 37.2 Å². The highest BCUT2D eigenvalue weighted by Crippen LogP contribution is 2.24. The molecule has 1 aliphatic rings. The maximum Gasteiger partial charge on any atom is 0.371 e. The molecular formula is C35H42NO8+. The topological polar surface area (TPSA) is 104 Å². The maximum absolute atomic E-state index is 12.2. The number of benzene rings is 3. The number of aryl methyl sites for hydroxylation is 1. The van der Waals surface area contributed by atoms with Crippen LogP contribution in [0.5, 0.6) is 17.2 Å². The second-order valence-electron chi connectivity index (χ2n) is 10.6. The van der Waals surface area contributed by atoms with Crippen LogP contribution in [0.2, 0.25) is 0 Å². The molecule has 9 nitrogen and oxygen atoms in total. The molecule has 1 heterocycles. The molecule has 0 bridgehead atoms. The fourth-order valence-electron chi connectivity index (χ4n) is 5.05. The molecule has 9 heteroatoms. The largest absolute Gasteiger partial charge is 0.494 e. The number of methoxy groups -OCH3 is 2. The molecule has 0 radical (unpaired) electrons. The maximum atomic E-state index is 12.2. The van der Waals surface area contributed by atoms with Crippen molar-refractivity contribution < 1.29 is 43.0 Å². The minimum atomic E-state index is -0.500. The number of rotatable bonds is 15. The lowest BCUT2D eigenvalue weighted by Crippen LogP contribution is -2.34. The second kappa shape index (κ2) is 16.9. The summed E-state index contributed by atoms with van der Waals surface area (Å²) in [5.74, 6) is 1.29. The van der Waals surface area contributed by atoms with Crippen LogP contribution in [-0.2, 0) is 20.7 Å². The van der Waals surface area contributed by atoms with Crippen molar-refractivity contribution in [3.05, 3.63) is 89.5 Å². The normalized spacial score (nSPS) is 14.4. The highest BCUT2D eigenvalue weighted by molar-refractivity contribution is 5.97. The number of carbonyl (C=O) groups excluding carboxylic acids is 2. The van der Waals surface area contributed by atoms with E-state index in [0.29, 0.717) is 62.6 Å². The number of hydrogen-bond acceptors (Lipinski definition) is 7. The summed E-state index contributed by atoms with van der Waals surface area (Å²) in [5, 5.41) is 11.2. The second-order valence-corrected chi connectivity index (χ2v) is 10.6. The lowest BCUT2D eigenvalue weighted by atomic mass is 9.97. The minimum absolute atomic E-state index is 0.00776. The Kier molecular flexibility index (Phi) is 12.5. The Labute approximate surface area is 259 Å². The van der Waals surface area contributed by atoms with Gasteiger partial charge in [0.2, 0.25) is 0 Å². The molecule has 44 heavy (non-hydrogen) atoms. The number of piperidine rings is 1. The molecule has 4 rings (SSSR count). The number of ether oxygens (including phenoxy) is 5. The number of nitrogens with zero attached hydrogens (tertiary/aromatic N) is 1. The van der Waals surface area contributed by atoms with Crippen molar-refractivity contribution in [2.45, 2.75) is 38.5 Å². The summed E-state index contributed by atoms with van der Waals surface area (Å²) in [7, 11) is 2.70. The van der Waals surface area contributed by atoms with Crippen molar-refractivity contribution in [2.75, 3.05) is 47.1 Å². The monoisotopic (exact) mass is 604 g/mol. The molecule has 0 amide bonds. The van der Waals surface area contributed by atoms with Gasteiger partial charge < -0.3 is 28.8 Å². The number of carbonyl (C=O) groups is 2. The molecule has 1 N–H and O–H groups in total. The molecule has 0 spiro atoms. The first-order valence-electron chi connectivity index (χ1n) is 15.1. The third kappa shape index (κ3) is 9.49. The van der Waals surface area contributed by atoms with Crippen molar-refractivity contribution in [3.8, 4) is 17.2 Å². The van der Waals surface area contributed by atoms with Crippen molar-refractivity contribution in [3.63, 3.8) is 0 Å². The fourth-order valence-corrected chi connectivity index (χ4v) is 5.05. The number of esters is 2. The molecule has 234 valence electrons. The number of unbranched alkanes of at least 4 members (excludes halogenated alkanes) is 1. The van der Waals surface area contributed by atoms with E-state index in [1.54, 1.807) is 22.8 Å². The Morgan fingerprint density at radius 3 is 2.05 bits per heavy atom. The van der Waals surface area contributed by atoms with Gasteiger partial charge in [-0.25, -0.2) is 4.79 Å². The van der Waals surface area contributed by atoms with Gasteiger partial charge in [0.15, 0.2) is 0 Å². The van der Waals surface area contributed by atoms with E-state index in [1.807, 2.05) is 42.5 Å². The number of hydrogen-bond donors (Lipinski definition) is 1. The lowest BCUT2D eigenvalue weighted by Gasteiger charge is -2.19. The van der Waals surface area contributed by atoms with Gasteiger partial charge in [0, 0.05) is 12.8 Å². The lowest BCUT2D eigenvalue weighted by molar-refractivity contribution is -0.546. The summed E-state index contributed by atoms with van der Waals surface area (Å²) in [5.41, 5.74) is 1.90. The van der Waals surface area contributed by atoms with Crippen LogP contribution in [0.1, 0.15) is 53.6 Å². The number of para-hydroxylation sites is 1. The van der Waals surface area contributed by atoms with E-state index >= 15 is 0 Å². The van der Waals surface area contributed by atoms with E-state index in [1.165, 1.54) is 19.8 Å². The smallest absolute Gasteiger partial charge is 0.371 e. The van der Waals surface area contributed by atoms with E-state index in [-0.39, 0.29) is 17.8 Å². The van der Waals surface area contributed by atoms with E-state index in [9.17, 15) is 14.7 Å². The third-order valence-corrected chi connectivity index (χ3v) is 7.58. The molecule has 0 atom stereocenters. The van der Waals surface area contributed by atoms with Crippen LogP contribution < -0.4 is 14.2 Å². The van der Waals surface area contributed by atoms with Gasteiger partial charge in [0.05, 0.1) is 45.5 Å². The van der Waals surface area contributed by atoms with Crippen LogP contribution in [0.25, 0.3) is 0 Å². The zero-order valence-corrected chi connectivity index (χ0v) is 25.5. The van der Waals surface area contributed by atoms with E-state index < -0.39 is 5.97 Å². The molecule has 0 unspecified atom stereocenters. The Morgan fingerprint density at radius 1 is 0.773 bits per heavy atom. The summed E-state index contributed by atoms with van der Waals surface area (Å²) in [6.45, 7) is 2.69. The molecule has 1 fully saturated rings. The summed E-state index contributed by atoms with van der Waals surface area (Å²) in [6.07, 6.45) is 4.53. The number of aliphatic hydroxyl groups is 1. The summed E-state index contributed by atoms with van der Waals surface area (Å²) in [4.78, 5) is 24.1. The van der Waals surface area contributed by atoms with Crippen molar-refractivity contribution in [1.29, 1.82) is 0 Å². The van der Waals surface area contributed by atoms with E-state index in [2.05, 4.69) is 12.1 Å². The van der Waals surface area contributed by atoms with Gasteiger partial charge >= 0.3 is 17.8 Å². The average Bonchev–Trinajstić information content (AvgIpc) is 3.08. The predicted molar refractivity (Wildman–Crippen MR) is 166 cm³/mol. The van der Waals surface area contributed by atoms with Crippen molar-refractivity contribution in [2.24, 2.45) is 5.92 Å². The highest BCUT2D eigenvalue weighted by atomic mass is 16.5. The van der Waals surface area contributed by atoms with Crippen LogP contribution in [-0.4, -0.2) is 74.6 Å². The first-order valence-corrected chi connectivity index (χ1v) is 15.1. The molecule has 3 aromatic carbocycles. The quantitative estimate of drug-likeness (QED) is 0.103. The Bertz CT molecular complexity index is 1380. The van der Waals surface area contributed by atoms with Gasteiger partial charge in [-0.3, -0.25) is 4.79 Å². The van der Waals surface area contributed by atoms with Gasteiger partial charge in [-0.1, -0.05) is 30.3 Å². The van der Waals surface area contributed by atoms with Crippen LogP contribution in [0.4, 0.5) is 0 Å². The zero-order valence-electron chi connectivity index (χ0n) is 25.5. The van der Waals surface area contributed by atoms with Crippen LogP contribution in [0.15, 0.2) is 72.8 Å². The first kappa shape index (κ1) is 32.4. The molecule has 1 aliphatic heterocycles. The Hall–Kier alpha value is -4.53. The third-order valence-electron chi connectivity index (χ3n) is 7.58. The standard InChI is InChI=1S/C35H41NO8/c1-40-34(38)27-18-20-36(21-19-27)33(37)31-25-28(35(39)41-2)14-17-32(31)44-24-8-9-26-12-15-30(16-13-26)43-23-7-6-22-42-29-10-4-3-5-11-29/h3-5,10-17,25,27H,6-9,18-24H2,1-2H3/p+1. The van der Waals surface area contributed by atoms with Crippen LogP contribution in [0, 0.1) is 5.92 Å². The fraction of sp³-hybridized carbons (Fsp3) is 0.400. The Balaban J connectivity index is 1.25.